The third-order valence-electron chi connectivity index (χ3n) is 6.74. The van der Waals surface area contributed by atoms with Crippen LogP contribution in [0.2, 0.25) is 0 Å². The number of sulfonamides is 1. The zero-order chi connectivity index (χ0) is 16.4. The van der Waals surface area contributed by atoms with E-state index in [0.717, 1.165) is 44.1 Å². The molecule has 5 heteroatoms. The first-order valence-corrected chi connectivity index (χ1v) is 10.0. The molecule has 0 radical (unpaired) electrons. The molecule has 2 fully saturated rings. The Morgan fingerprint density at radius 1 is 1.17 bits per heavy atom. The van der Waals surface area contributed by atoms with Crippen LogP contribution in [-0.4, -0.2) is 14.2 Å². The second-order valence-corrected chi connectivity index (χ2v) is 9.30. The highest BCUT2D eigenvalue weighted by Crippen LogP contribution is 2.59. The van der Waals surface area contributed by atoms with Gasteiger partial charge in [-0.3, -0.25) is 4.79 Å². The minimum Gasteiger partial charge on any atom is -0.299 e. The van der Waals surface area contributed by atoms with Crippen LogP contribution in [0, 0.1) is 17.3 Å². The number of ketones is 1. The molecular formula is C18H23NO3S. The summed E-state index contributed by atoms with van der Waals surface area (Å²) >= 11 is 0. The lowest BCUT2D eigenvalue weighted by molar-refractivity contribution is -0.129. The van der Waals surface area contributed by atoms with Crippen LogP contribution in [0.3, 0.4) is 0 Å². The van der Waals surface area contributed by atoms with Gasteiger partial charge in [0.15, 0.2) is 0 Å². The van der Waals surface area contributed by atoms with Crippen molar-refractivity contribution in [3.63, 3.8) is 0 Å². The van der Waals surface area contributed by atoms with Crippen molar-refractivity contribution in [1.29, 1.82) is 0 Å². The van der Waals surface area contributed by atoms with Gasteiger partial charge in [-0.1, -0.05) is 13.0 Å². The van der Waals surface area contributed by atoms with E-state index in [0.29, 0.717) is 23.5 Å². The van der Waals surface area contributed by atoms with E-state index in [9.17, 15) is 13.2 Å². The minimum atomic E-state index is -3.64. The predicted molar refractivity (Wildman–Crippen MR) is 87.4 cm³/mol. The van der Waals surface area contributed by atoms with Crippen LogP contribution in [0.5, 0.6) is 0 Å². The van der Waals surface area contributed by atoms with Gasteiger partial charge in [0.2, 0.25) is 10.0 Å². The van der Waals surface area contributed by atoms with Crippen LogP contribution in [0.25, 0.3) is 0 Å². The lowest BCUT2D eigenvalue weighted by atomic mass is 9.55. The summed E-state index contributed by atoms with van der Waals surface area (Å²) in [6.07, 6.45) is 5.71. The van der Waals surface area contributed by atoms with Crippen LogP contribution < -0.4 is 5.14 Å². The van der Waals surface area contributed by atoms with Crippen LogP contribution in [0.1, 0.15) is 56.1 Å². The molecule has 0 aromatic heterocycles. The van der Waals surface area contributed by atoms with Crippen LogP contribution in [0.4, 0.5) is 0 Å². The lowest BCUT2D eigenvalue weighted by Crippen LogP contribution is -2.42. The van der Waals surface area contributed by atoms with Crippen LogP contribution in [0.15, 0.2) is 23.1 Å². The minimum absolute atomic E-state index is 0.112. The third-order valence-corrected chi connectivity index (χ3v) is 7.65. The quantitative estimate of drug-likeness (QED) is 0.858. The summed E-state index contributed by atoms with van der Waals surface area (Å²) in [5, 5.41) is 5.26. The van der Waals surface area contributed by atoms with Crippen molar-refractivity contribution in [2.24, 2.45) is 22.4 Å². The standard InChI is InChI=1S/C18H23NO3S/c1-18-9-8-14-13-5-3-12(23(19,21)22)10-11(13)2-4-15(14)16(18)6-7-17(18)20/h3,5,10,14-16H,2,4,6-9H2,1H3,(H2,19,21,22)/t14-,15-,16+,18+/m1/s1. The summed E-state index contributed by atoms with van der Waals surface area (Å²) in [5.74, 6) is 1.99. The summed E-state index contributed by atoms with van der Waals surface area (Å²) in [4.78, 5) is 12.5. The summed E-state index contributed by atoms with van der Waals surface area (Å²) in [7, 11) is -3.64. The Kier molecular flexibility index (Phi) is 3.27. The van der Waals surface area contributed by atoms with Crippen molar-refractivity contribution in [3.05, 3.63) is 29.3 Å². The molecule has 2 saturated carbocycles. The molecule has 4 atom stereocenters. The first kappa shape index (κ1) is 15.3. The van der Waals surface area contributed by atoms with E-state index in [1.807, 2.05) is 6.07 Å². The lowest BCUT2D eigenvalue weighted by Gasteiger charge is -2.48. The Morgan fingerprint density at radius 3 is 2.70 bits per heavy atom. The second kappa shape index (κ2) is 4.90. The van der Waals surface area contributed by atoms with Gasteiger partial charge >= 0.3 is 0 Å². The number of aryl methyl sites for hydroxylation is 1. The van der Waals surface area contributed by atoms with Gasteiger partial charge in [0.05, 0.1) is 4.90 Å². The molecule has 3 aliphatic rings. The highest BCUT2D eigenvalue weighted by atomic mass is 32.2. The Hall–Kier alpha value is -1.20. The second-order valence-electron chi connectivity index (χ2n) is 7.74. The van der Waals surface area contributed by atoms with Gasteiger partial charge in [-0.15, -0.1) is 0 Å². The van der Waals surface area contributed by atoms with Crippen molar-refractivity contribution >= 4 is 15.8 Å². The zero-order valence-corrected chi connectivity index (χ0v) is 14.2. The average Bonchev–Trinajstić information content (AvgIpc) is 2.81. The van der Waals surface area contributed by atoms with E-state index in [-0.39, 0.29) is 10.3 Å². The number of rotatable bonds is 1. The molecule has 4 nitrogen and oxygen atoms in total. The SMILES string of the molecule is C[C@]12CC[C@@H]3c4ccc(S(N)(=O)=O)cc4CC[C@H]3[C@@H]1CCC2=O. The molecule has 0 heterocycles. The highest BCUT2D eigenvalue weighted by Gasteiger charge is 2.54. The Morgan fingerprint density at radius 2 is 1.96 bits per heavy atom. The Bertz CT molecular complexity index is 785. The number of carbonyl (C=O) groups excluding carboxylic acids is 1. The molecule has 0 saturated heterocycles. The molecule has 1 aromatic rings. The van der Waals surface area contributed by atoms with Crippen molar-refractivity contribution in [1.82, 2.24) is 0 Å². The van der Waals surface area contributed by atoms with E-state index in [1.165, 1.54) is 5.56 Å². The molecule has 2 N–H and O–H groups in total. The van der Waals surface area contributed by atoms with Crippen molar-refractivity contribution in [2.75, 3.05) is 0 Å². The van der Waals surface area contributed by atoms with Crippen molar-refractivity contribution < 1.29 is 13.2 Å². The third kappa shape index (κ3) is 2.20. The first-order valence-electron chi connectivity index (χ1n) is 8.49. The maximum Gasteiger partial charge on any atom is 0.238 e. The number of carbonyl (C=O) groups is 1. The smallest absolute Gasteiger partial charge is 0.238 e. The van der Waals surface area contributed by atoms with E-state index in [4.69, 9.17) is 5.14 Å². The van der Waals surface area contributed by atoms with E-state index in [2.05, 4.69) is 6.92 Å². The molecule has 0 bridgehead atoms. The van der Waals surface area contributed by atoms with Crippen LogP contribution >= 0.6 is 0 Å². The van der Waals surface area contributed by atoms with Gasteiger partial charge in [0, 0.05) is 11.8 Å². The van der Waals surface area contributed by atoms with Gasteiger partial charge in [0.1, 0.15) is 5.78 Å². The predicted octanol–water partition coefficient (Wildman–Crippen LogP) is 2.76. The summed E-state index contributed by atoms with van der Waals surface area (Å²) in [6, 6.07) is 5.37. The maximum absolute atomic E-state index is 12.3. The number of fused-ring (bicyclic) bond motifs is 5. The monoisotopic (exact) mass is 333 g/mol. The van der Waals surface area contributed by atoms with Crippen molar-refractivity contribution in [3.8, 4) is 0 Å². The fourth-order valence-electron chi connectivity index (χ4n) is 5.51. The normalized spacial score (nSPS) is 36.3. The maximum atomic E-state index is 12.3. The fourth-order valence-corrected chi connectivity index (χ4v) is 6.07. The molecule has 23 heavy (non-hydrogen) atoms. The molecule has 124 valence electrons. The highest BCUT2D eigenvalue weighted by molar-refractivity contribution is 7.89. The average molecular weight is 333 g/mol. The van der Waals surface area contributed by atoms with E-state index >= 15 is 0 Å². The van der Waals surface area contributed by atoms with Gasteiger partial charge < -0.3 is 0 Å². The fraction of sp³-hybridized carbons (Fsp3) is 0.611. The molecule has 4 rings (SSSR count). The molecule has 3 aliphatic carbocycles. The van der Waals surface area contributed by atoms with Crippen molar-refractivity contribution in [2.45, 2.75) is 56.3 Å². The topological polar surface area (TPSA) is 77.2 Å². The number of hydrogen-bond acceptors (Lipinski definition) is 3. The number of primary sulfonamides is 1. The molecule has 0 amide bonds. The van der Waals surface area contributed by atoms with Crippen LogP contribution in [-0.2, 0) is 21.2 Å². The van der Waals surface area contributed by atoms with Gasteiger partial charge in [-0.05, 0) is 73.1 Å². The number of benzene rings is 1. The van der Waals surface area contributed by atoms with Gasteiger partial charge in [0.25, 0.3) is 0 Å². The largest absolute Gasteiger partial charge is 0.299 e. The first-order chi connectivity index (χ1) is 10.8. The van der Waals surface area contributed by atoms with Gasteiger partial charge in [-0.2, -0.15) is 0 Å². The van der Waals surface area contributed by atoms with Gasteiger partial charge in [-0.25, -0.2) is 13.6 Å². The number of Topliss-reactive ketones (excluding diaryl/α,β-unsaturated/α-hetero) is 1. The summed E-state index contributed by atoms with van der Waals surface area (Å²) < 4.78 is 23.1. The number of nitrogens with two attached hydrogens (primary N) is 1. The molecule has 0 unspecified atom stereocenters. The summed E-state index contributed by atoms with van der Waals surface area (Å²) in [5.41, 5.74) is 2.31. The summed E-state index contributed by atoms with van der Waals surface area (Å²) in [6.45, 7) is 2.17. The Balaban J connectivity index is 1.72. The molecule has 0 aliphatic heterocycles. The number of hydrogen-bond donors (Lipinski definition) is 1. The Labute approximate surface area is 137 Å². The molecular weight excluding hydrogens is 310 g/mol. The van der Waals surface area contributed by atoms with E-state index < -0.39 is 10.0 Å². The van der Waals surface area contributed by atoms with E-state index in [1.54, 1.807) is 12.1 Å². The zero-order valence-electron chi connectivity index (χ0n) is 13.4. The molecule has 0 spiro atoms. The molecule has 1 aromatic carbocycles.